The summed E-state index contributed by atoms with van der Waals surface area (Å²) in [6, 6.07) is 22.1. The van der Waals surface area contributed by atoms with Gasteiger partial charge in [-0.15, -0.1) is 0 Å². The van der Waals surface area contributed by atoms with Crippen LogP contribution in [0.3, 0.4) is 0 Å². The Morgan fingerprint density at radius 3 is 2.40 bits per heavy atom. The van der Waals surface area contributed by atoms with E-state index in [0.29, 0.717) is 25.6 Å². The van der Waals surface area contributed by atoms with Crippen LogP contribution in [0.1, 0.15) is 18.1 Å². The average Bonchev–Trinajstić information content (AvgIpc) is 2.68. The zero-order valence-corrected chi connectivity index (χ0v) is 14.3. The Morgan fingerprint density at radius 2 is 1.64 bits per heavy atom. The predicted octanol–water partition coefficient (Wildman–Crippen LogP) is 4.67. The zero-order valence-electron chi connectivity index (χ0n) is 14.3. The molecule has 4 nitrogen and oxygen atoms in total. The summed E-state index contributed by atoms with van der Waals surface area (Å²) in [6.07, 6.45) is 1.73. The normalized spacial score (nSPS) is 10.3. The molecule has 3 rings (SSSR count). The number of pyridine rings is 1. The molecular formula is C21H22N2O2. The number of aromatic nitrogens is 1. The SMILES string of the molecule is CCOc1ncccc1NCc1ccc(OCc2ccccc2)cc1. The molecule has 0 fully saturated rings. The van der Waals surface area contributed by atoms with E-state index in [-0.39, 0.29) is 0 Å². The highest BCUT2D eigenvalue weighted by atomic mass is 16.5. The second-order valence-electron chi connectivity index (χ2n) is 5.56. The minimum Gasteiger partial charge on any atom is -0.489 e. The van der Waals surface area contributed by atoms with E-state index >= 15 is 0 Å². The summed E-state index contributed by atoms with van der Waals surface area (Å²) < 4.78 is 11.3. The van der Waals surface area contributed by atoms with Crippen molar-refractivity contribution < 1.29 is 9.47 Å². The molecule has 1 heterocycles. The lowest BCUT2D eigenvalue weighted by molar-refractivity contribution is 0.306. The van der Waals surface area contributed by atoms with E-state index in [1.54, 1.807) is 6.20 Å². The van der Waals surface area contributed by atoms with Gasteiger partial charge in [-0.2, -0.15) is 0 Å². The third-order valence-electron chi connectivity index (χ3n) is 3.71. The van der Waals surface area contributed by atoms with Crippen LogP contribution in [-0.4, -0.2) is 11.6 Å². The van der Waals surface area contributed by atoms with Crippen molar-refractivity contribution in [2.24, 2.45) is 0 Å². The van der Waals surface area contributed by atoms with E-state index in [1.807, 2.05) is 49.4 Å². The molecule has 4 heteroatoms. The molecule has 0 bridgehead atoms. The third kappa shape index (κ3) is 4.98. The number of nitrogens with one attached hydrogen (secondary N) is 1. The van der Waals surface area contributed by atoms with Crippen LogP contribution in [0.25, 0.3) is 0 Å². The summed E-state index contributed by atoms with van der Waals surface area (Å²) in [5.41, 5.74) is 3.22. The van der Waals surface area contributed by atoms with Crippen molar-refractivity contribution in [1.82, 2.24) is 4.98 Å². The lowest BCUT2D eigenvalue weighted by Gasteiger charge is -2.11. The van der Waals surface area contributed by atoms with Gasteiger partial charge in [0.05, 0.1) is 12.3 Å². The summed E-state index contributed by atoms with van der Waals surface area (Å²) in [5, 5.41) is 3.36. The Bertz CT molecular complexity index is 773. The quantitative estimate of drug-likeness (QED) is 0.650. The average molecular weight is 334 g/mol. The first-order valence-electron chi connectivity index (χ1n) is 8.42. The molecule has 0 aliphatic heterocycles. The molecule has 0 aliphatic rings. The molecule has 25 heavy (non-hydrogen) atoms. The van der Waals surface area contributed by atoms with Crippen molar-refractivity contribution in [1.29, 1.82) is 0 Å². The highest BCUT2D eigenvalue weighted by Gasteiger charge is 2.04. The minimum absolute atomic E-state index is 0.575. The number of anilines is 1. The number of hydrogen-bond donors (Lipinski definition) is 1. The Labute approximate surface area is 148 Å². The first kappa shape index (κ1) is 16.8. The van der Waals surface area contributed by atoms with Gasteiger partial charge in [-0.25, -0.2) is 4.98 Å². The second-order valence-corrected chi connectivity index (χ2v) is 5.56. The van der Waals surface area contributed by atoms with Gasteiger partial charge >= 0.3 is 0 Å². The monoisotopic (exact) mass is 334 g/mol. The maximum atomic E-state index is 5.81. The lowest BCUT2D eigenvalue weighted by Crippen LogP contribution is -2.04. The van der Waals surface area contributed by atoms with Crippen LogP contribution in [0.2, 0.25) is 0 Å². The van der Waals surface area contributed by atoms with Crippen LogP contribution in [0.5, 0.6) is 11.6 Å². The molecule has 2 aromatic carbocycles. The summed E-state index contributed by atoms with van der Waals surface area (Å²) in [5.74, 6) is 1.50. The van der Waals surface area contributed by atoms with Gasteiger partial charge in [0.25, 0.3) is 0 Å². The predicted molar refractivity (Wildman–Crippen MR) is 99.9 cm³/mol. The third-order valence-corrected chi connectivity index (χ3v) is 3.71. The molecule has 0 saturated heterocycles. The number of rotatable bonds is 8. The highest BCUT2D eigenvalue weighted by Crippen LogP contribution is 2.22. The van der Waals surface area contributed by atoms with E-state index in [4.69, 9.17) is 9.47 Å². The number of ether oxygens (including phenoxy) is 2. The maximum Gasteiger partial charge on any atom is 0.237 e. The zero-order chi connectivity index (χ0) is 17.3. The number of hydrogen-bond acceptors (Lipinski definition) is 4. The Balaban J connectivity index is 1.54. The van der Waals surface area contributed by atoms with Crippen molar-refractivity contribution in [3.05, 3.63) is 84.1 Å². The molecule has 0 saturated carbocycles. The van der Waals surface area contributed by atoms with E-state index in [2.05, 4.69) is 34.6 Å². The first-order chi connectivity index (χ1) is 12.3. The number of nitrogens with zero attached hydrogens (tertiary/aromatic N) is 1. The molecule has 0 unspecified atom stereocenters. The van der Waals surface area contributed by atoms with Crippen LogP contribution >= 0.6 is 0 Å². The van der Waals surface area contributed by atoms with Crippen molar-refractivity contribution in [2.75, 3.05) is 11.9 Å². The topological polar surface area (TPSA) is 43.4 Å². The molecule has 0 radical (unpaired) electrons. The Hall–Kier alpha value is -3.01. The number of benzene rings is 2. The van der Waals surface area contributed by atoms with Gasteiger partial charge in [0.1, 0.15) is 12.4 Å². The summed E-state index contributed by atoms with van der Waals surface area (Å²) >= 11 is 0. The highest BCUT2D eigenvalue weighted by molar-refractivity contribution is 5.52. The van der Waals surface area contributed by atoms with Crippen molar-refractivity contribution in [2.45, 2.75) is 20.1 Å². The van der Waals surface area contributed by atoms with Gasteiger partial charge < -0.3 is 14.8 Å². The summed E-state index contributed by atoms with van der Waals surface area (Å²) in [6.45, 7) is 3.82. The molecule has 0 aliphatic carbocycles. The van der Waals surface area contributed by atoms with Crippen molar-refractivity contribution in [3.63, 3.8) is 0 Å². The second kappa shape index (κ2) is 8.73. The maximum absolute atomic E-state index is 5.81. The molecule has 128 valence electrons. The van der Waals surface area contributed by atoms with Gasteiger partial charge in [0, 0.05) is 12.7 Å². The van der Waals surface area contributed by atoms with Crippen LogP contribution in [-0.2, 0) is 13.2 Å². The fourth-order valence-electron chi connectivity index (χ4n) is 2.42. The van der Waals surface area contributed by atoms with Gasteiger partial charge in [-0.1, -0.05) is 42.5 Å². The molecular weight excluding hydrogens is 312 g/mol. The molecule has 0 atom stereocenters. The van der Waals surface area contributed by atoms with Crippen molar-refractivity contribution in [3.8, 4) is 11.6 Å². The van der Waals surface area contributed by atoms with Crippen molar-refractivity contribution >= 4 is 5.69 Å². The van der Waals surface area contributed by atoms with Gasteiger partial charge in [0.2, 0.25) is 5.88 Å². The lowest BCUT2D eigenvalue weighted by atomic mass is 10.2. The molecule has 1 N–H and O–H groups in total. The fraction of sp³-hybridized carbons (Fsp3) is 0.190. The summed E-state index contributed by atoms with van der Waals surface area (Å²) in [4.78, 5) is 4.24. The van der Waals surface area contributed by atoms with E-state index < -0.39 is 0 Å². The van der Waals surface area contributed by atoms with Gasteiger partial charge in [0.15, 0.2) is 0 Å². The van der Waals surface area contributed by atoms with E-state index in [9.17, 15) is 0 Å². The van der Waals surface area contributed by atoms with Crippen LogP contribution in [0, 0.1) is 0 Å². The Kier molecular flexibility index (Phi) is 5.88. The molecule has 1 aromatic heterocycles. The van der Waals surface area contributed by atoms with E-state index in [0.717, 1.165) is 17.0 Å². The molecule has 3 aromatic rings. The standard InChI is InChI=1S/C21H22N2O2/c1-2-24-21-20(9-6-14-22-21)23-15-17-10-12-19(13-11-17)25-16-18-7-4-3-5-8-18/h3-14,23H,2,15-16H2,1H3. The summed E-state index contributed by atoms with van der Waals surface area (Å²) in [7, 11) is 0. The fourth-order valence-corrected chi connectivity index (χ4v) is 2.42. The molecule has 0 amide bonds. The van der Waals surface area contributed by atoms with Crippen LogP contribution in [0.15, 0.2) is 72.9 Å². The van der Waals surface area contributed by atoms with Gasteiger partial charge in [-0.3, -0.25) is 0 Å². The van der Waals surface area contributed by atoms with E-state index in [1.165, 1.54) is 5.56 Å². The van der Waals surface area contributed by atoms with Crippen LogP contribution in [0.4, 0.5) is 5.69 Å². The largest absolute Gasteiger partial charge is 0.489 e. The smallest absolute Gasteiger partial charge is 0.237 e. The Morgan fingerprint density at radius 1 is 0.840 bits per heavy atom. The van der Waals surface area contributed by atoms with Gasteiger partial charge in [-0.05, 0) is 42.3 Å². The molecule has 0 spiro atoms. The minimum atomic E-state index is 0.575. The first-order valence-corrected chi connectivity index (χ1v) is 8.42. The van der Waals surface area contributed by atoms with Crippen LogP contribution < -0.4 is 14.8 Å².